The van der Waals surface area contributed by atoms with Gasteiger partial charge < -0.3 is 20.5 Å². The SMILES string of the molecule is CC(=O)N(O)C/C=C(\Br)P(=O)([O-])[O-].[NH4+]. The molecule has 84 valence electrons. The number of halogens is 1. The summed E-state index contributed by atoms with van der Waals surface area (Å²) in [6.45, 7) is 0.736. The van der Waals surface area contributed by atoms with Crippen LogP contribution in [0, 0.1) is 0 Å². The number of hydrogen-bond acceptors (Lipinski definition) is 5. The van der Waals surface area contributed by atoms with Crippen LogP contribution in [0.4, 0.5) is 0 Å². The molecule has 0 saturated carbocycles. The molecule has 0 fully saturated rings. The van der Waals surface area contributed by atoms with E-state index in [0.717, 1.165) is 13.0 Å². The van der Waals surface area contributed by atoms with Crippen molar-refractivity contribution in [2.45, 2.75) is 6.92 Å². The normalized spacial score (nSPS) is 11.9. The van der Waals surface area contributed by atoms with Crippen LogP contribution in [0.25, 0.3) is 0 Å². The number of hydrogen-bond donors (Lipinski definition) is 2. The summed E-state index contributed by atoms with van der Waals surface area (Å²) < 4.78 is 9.70. The Labute approximate surface area is 89.2 Å². The van der Waals surface area contributed by atoms with Crippen LogP contribution in [0.5, 0.6) is 0 Å². The maximum atomic E-state index is 10.4. The van der Waals surface area contributed by atoms with E-state index in [1.807, 2.05) is 0 Å². The maximum absolute atomic E-state index is 10.4. The van der Waals surface area contributed by atoms with Crippen molar-refractivity contribution in [3.8, 4) is 0 Å². The van der Waals surface area contributed by atoms with Crippen LogP contribution in [0.2, 0.25) is 0 Å². The van der Waals surface area contributed by atoms with E-state index >= 15 is 0 Å². The van der Waals surface area contributed by atoms with E-state index in [1.54, 1.807) is 0 Å². The summed E-state index contributed by atoms with van der Waals surface area (Å²) in [7, 11) is -4.81. The lowest BCUT2D eigenvalue weighted by molar-refractivity contribution is -0.309. The smallest absolute Gasteiger partial charge is 0.243 e. The molecule has 0 aliphatic carbocycles. The summed E-state index contributed by atoms with van der Waals surface area (Å²) in [4.78, 5) is 31.0. The highest BCUT2D eigenvalue weighted by molar-refractivity contribution is 9.13. The third kappa shape index (κ3) is 6.25. The highest BCUT2D eigenvalue weighted by atomic mass is 79.9. The zero-order valence-corrected chi connectivity index (χ0v) is 10.1. The molecular weight excluding hydrogens is 279 g/mol. The fraction of sp³-hybridized carbons (Fsp3) is 0.400. The monoisotopic (exact) mass is 289 g/mol. The predicted octanol–water partition coefficient (Wildman–Crippen LogP) is -0.250. The molecule has 0 aromatic heterocycles. The second-order valence-electron chi connectivity index (χ2n) is 2.13. The molecule has 0 aliphatic heterocycles. The van der Waals surface area contributed by atoms with Crippen LogP contribution >= 0.6 is 23.5 Å². The summed E-state index contributed by atoms with van der Waals surface area (Å²) >= 11 is 2.50. The molecule has 0 heterocycles. The number of amides is 1. The van der Waals surface area contributed by atoms with Crippen molar-refractivity contribution in [1.82, 2.24) is 11.2 Å². The first-order valence-electron chi connectivity index (χ1n) is 3.10. The summed E-state index contributed by atoms with van der Waals surface area (Å²) in [5.74, 6) is -0.650. The fourth-order valence-corrected chi connectivity index (χ4v) is 0.852. The van der Waals surface area contributed by atoms with Gasteiger partial charge in [0.05, 0.1) is 6.54 Å². The lowest BCUT2D eigenvalue weighted by atomic mass is 10.6. The number of quaternary nitrogens is 1. The zero-order chi connectivity index (χ0) is 10.6. The molecule has 5 N–H and O–H groups in total. The highest BCUT2D eigenvalue weighted by Gasteiger charge is 2.03. The molecule has 7 nitrogen and oxygen atoms in total. The summed E-state index contributed by atoms with van der Waals surface area (Å²) in [5.41, 5.74) is 0. The van der Waals surface area contributed by atoms with Gasteiger partial charge in [-0.15, -0.1) is 0 Å². The van der Waals surface area contributed by atoms with Gasteiger partial charge in [-0.1, -0.05) is 0 Å². The summed E-state index contributed by atoms with van der Waals surface area (Å²) in [5, 5.41) is 9.04. The quantitative estimate of drug-likeness (QED) is 0.419. The molecular formula is C5H11BrN2O5P-. The van der Waals surface area contributed by atoms with Gasteiger partial charge in [0.25, 0.3) is 0 Å². The minimum Gasteiger partial charge on any atom is -0.807 e. The van der Waals surface area contributed by atoms with Crippen molar-refractivity contribution < 1.29 is 24.4 Å². The first kappa shape index (κ1) is 16.2. The van der Waals surface area contributed by atoms with E-state index in [-0.39, 0.29) is 17.8 Å². The van der Waals surface area contributed by atoms with Crippen molar-refractivity contribution in [3.05, 3.63) is 10.3 Å². The Morgan fingerprint density at radius 1 is 1.64 bits per heavy atom. The van der Waals surface area contributed by atoms with E-state index in [9.17, 15) is 19.1 Å². The van der Waals surface area contributed by atoms with Crippen molar-refractivity contribution in [2.24, 2.45) is 0 Å². The van der Waals surface area contributed by atoms with Gasteiger partial charge in [0.15, 0.2) is 0 Å². The van der Waals surface area contributed by atoms with E-state index in [1.165, 1.54) is 0 Å². The topological polar surface area (TPSA) is 140 Å². The molecule has 0 aromatic carbocycles. The van der Waals surface area contributed by atoms with E-state index in [0.29, 0.717) is 0 Å². The van der Waals surface area contributed by atoms with Crippen LogP contribution in [0.15, 0.2) is 10.3 Å². The Morgan fingerprint density at radius 2 is 2.07 bits per heavy atom. The second kappa shape index (κ2) is 6.28. The van der Waals surface area contributed by atoms with Gasteiger partial charge in [-0.2, -0.15) is 0 Å². The van der Waals surface area contributed by atoms with Crippen molar-refractivity contribution in [3.63, 3.8) is 0 Å². The Morgan fingerprint density at radius 3 is 2.36 bits per heavy atom. The van der Waals surface area contributed by atoms with Crippen LogP contribution in [-0.4, -0.2) is 22.7 Å². The molecule has 0 spiro atoms. The van der Waals surface area contributed by atoms with Gasteiger partial charge in [0.2, 0.25) is 5.91 Å². The molecule has 0 atom stereocenters. The minimum atomic E-state index is -4.81. The van der Waals surface area contributed by atoms with Crippen molar-refractivity contribution >= 4 is 29.4 Å². The van der Waals surface area contributed by atoms with Crippen molar-refractivity contribution in [2.75, 3.05) is 6.54 Å². The van der Waals surface area contributed by atoms with Crippen LogP contribution < -0.4 is 15.9 Å². The first-order chi connectivity index (χ1) is 5.75. The number of carbonyl (C=O) groups excluding carboxylic acids is 1. The average Bonchev–Trinajstić information content (AvgIpc) is 1.97. The molecule has 0 aromatic rings. The number of carbonyl (C=O) groups is 1. The molecule has 0 saturated heterocycles. The summed E-state index contributed by atoms with van der Waals surface area (Å²) in [6, 6.07) is 0. The van der Waals surface area contributed by atoms with E-state index in [4.69, 9.17) is 5.21 Å². The van der Waals surface area contributed by atoms with Gasteiger partial charge in [-0.25, -0.2) is 5.06 Å². The number of nitrogens with zero attached hydrogens (tertiary/aromatic N) is 1. The molecule has 9 heteroatoms. The van der Waals surface area contributed by atoms with Crippen LogP contribution in [0.1, 0.15) is 6.92 Å². The zero-order valence-electron chi connectivity index (χ0n) is 7.64. The molecule has 0 bridgehead atoms. The standard InChI is InChI=1S/C5H9BrNO5P.H3N/c1-4(8)7(9)3-2-5(6)13(10,11)12;/h2,9H,3H2,1H3,(H2,10,11,12);1H3/p-1/b5-2+;. The second-order valence-corrected chi connectivity index (χ2v) is 5.07. The Bertz CT molecular complexity index is 275. The largest absolute Gasteiger partial charge is 0.807 e. The van der Waals surface area contributed by atoms with E-state index in [2.05, 4.69) is 15.9 Å². The molecule has 0 rings (SSSR count). The van der Waals surface area contributed by atoms with E-state index < -0.39 is 17.7 Å². The molecule has 0 aliphatic rings. The highest BCUT2D eigenvalue weighted by Crippen LogP contribution is 2.39. The molecule has 0 unspecified atom stereocenters. The maximum Gasteiger partial charge on any atom is 0.243 e. The van der Waals surface area contributed by atoms with Crippen LogP contribution in [0.3, 0.4) is 0 Å². The van der Waals surface area contributed by atoms with Gasteiger partial charge >= 0.3 is 0 Å². The number of rotatable bonds is 3. The lowest BCUT2D eigenvalue weighted by Crippen LogP contribution is -2.25. The van der Waals surface area contributed by atoms with Gasteiger partial charge in [0, 0.05) is 11.1 Å². The van der Waals surface area contributed by atoms with Gasteiger partial charge in [-0.3, -0.25) is 10.0 Å². The average molecular weight is 290 g/mol. The van der Waals surface area contributed by atoms with Gasteiger partial charge in [-0.05, 0) is 29.6 Å². The first-order valence-corrected chi connectivity index (χ1v) is 5.44. The third-order valence-corrected chi connectivity index (χ3v) is 3.39. The minimum absolute atomic E-state index is 0. The molecule has 0 radical (unpaired) electrons. The van der Waals surface area contributed by atoms with Crippen LogP contribution in [-0.2, 0) is 9.36 Å². The summed E-state index contributed by atoms with van der Waals surface area (Å²) in [6.07, 6.45) is 0.891. The molecule has 1 amide bonds. The molecule has 14 heavy (non-hydrogen) atoms. The Balaban J connectivity index is 0. The van der Waals surface area contributed by atoms with Gasteiger partial charge in [0.1, 0.15) is 0 Å². The third-order valence-electron chi connectivity index (χ3n) is 1.06. The predicted molar refractivity (Wildman–Crippen MR) is 49.8 cm³/mol. The Kier molecular flexibility index (Phi) is 7.27. The lowest BCUT2D eigenvalue weighted by Gasteiger charge is -2.29. The fourth-order valence-electron chi connectivity index (χ4n) is 0.402. The van der Waals surface area contributed by atoms with Crippen molar-refractivity contribution in [1.29, 1.82) is 0 Å². The number of hydroxylamine groups is 2. The Hall–Kier alpha value is -0.240.